The number of carbonyl (C=O) groups is 2. The van der Waals surface area contributed by atoms with Crippen LogP contribution in [0.4, 0.5) is 0 Å². The number of halogens is 2. The summed E-state index contributed by atoms with van der Waals surface area (Å²) in [5.74, 6) is -0.350. The van der Waals surface area contributed by atoms with Gasteiger partial charge in [0.15, 0.2) is 0 Å². The second-order valence-electron chi connectivity index (χ2n) is 8.96. The lowest BCUT2D eigenvalue weighted by Crippen LogP contribution is -2.31. The van der Waals surface area contributed by atoms with Gasteiger partial charge in [0, 0.05) is 28.1 Å². The Labute approximate surface area is 218 Å². The van der Waals surface area contributed by atoms with Crippen molar-refractivity contribution >= 4 is 45.9 Å². The van der Waals surface area contributed by atoms with E-state index in [0.29, 0.717) is 28.6 Å². The van der Waals surface area contributed by atoms with Gasteiger partial charge in [0.1, 0.15) is 5.75 Å². The highest BCUT2D eigenvalue weighted by atomic mass is 35.5. The molecule has 1 saturated heterocycles. The topological polar surface area (TPSA) is 66.8 Å². The van der Waals surface area contributed by atoms with Gasteiger partial charge in [0.25, 0.3) is 5.91 Å². The molecule has 0 radical (unpaired) electrons. The molecule has 1 heterocycles. The third-order valence-corrected chi connectivity index (χ3v) is 7.19. The normalized spacial score (nSPS) is 17.4. The number of carboxylic acids is 1. The lowest BCUT2D eigenvalue weighted by Gasteiger charge is -2.25. The van der Waals surface area contributed by atoms with Crippen LogP contribution < -0.4 is 4.74 Å². The maximum absolute atomic E-state index is 13.7. The molecule has 0 saturated carbocycles. The Balaban J connectivity index is 1.53. The third kappa shape index (κ3) is 4.77. The summed E-state index contributed by atoms with van der Waals surface area (Å²) in [7, 11) is 1.64. The minimum absolute atomic E-state index is 0.0417. The number of carbonyl (C=O) groups excluding carboxylic acids is 1. The van der Waals surface area contributed by atoms with Gasteiger partial charge in [-0.1, -0.05) is 41.4 Å². The van der Waals surface area contributed by atoms with Crippen LogP contribution >= 0.6 is 23.2 Å². The molecule has 1 N–H and O–H groups in total. The minimum Gasteiger partial charge on any atom is -0.497 e. The highest BCUT2D eigenvalue weighted by molar-refractivity contribution is 6.34. The Morgan fingerprint density at radius 3 is 2.14 bits per heavy atom. The van der Waals surface area contributed by atoms with Crippen molar-refractivity contribution in [1.82, 2.24) is 4.90 Å². The number of carboxylic acid groups (broad SMARTS) is 1. The van der Waals surface area contributed by atoms with E-state index in [1.165, 1.54) is 12.1 Å². The zero-order valence-electron chi connectivity index (χ0n) is 19.4. The SMILES string of the molecule is COc1ccc2cc([C@H]3C[C@@H](c4cc(Cl)cc(Cl)c4)CN3C(=O)c3ccc(C(=O)O)cc3)ccc2c1. The lowest BCUT2D eigenvalue weighted by molar-refractivity contribution is 0.0692. The zero-order valence-corrected chi connectivity index (χ0v) is 21.0. The number of ether oxygens (including phenoxy) is 1. The summed E-state index contributed by atoms with van der Waals surface area (Å²) >= 11 is 12.6. The monoisotopic (exact) mass is 519 g/mol. The first-order valence-electron chi connectivity index (χ1n) is 11.5. The Kier molecular flexibility index (Phi) is 6.61. The summed E-state index contributed by atoms with van der Waals surface area (Å²) in [5.41, 5.74) is 2.60. The number of rotatable bonds is 5. The van der Waals surface area contributed by atoms with Crippen LogP contribution in [0.2, 0.25) is 10.0 Å². The Hall–Kier alpha value is -3.54. The molecule has 1 amide bonds. The van der Waals surface area contributed by atoms with Crippen LogP contribution in [0.1, 0.15) is 50.2 Å². The molecule has 5 rings (SSSR count). The summed E-state index contributed by atoms with van der Waals surface area (Å²) in [5, 5.41) is 12.4. The smallest absolute Gasteiger partial charge is 0.335 e. The number of likely N-dealkylation sites (tertiary alicyclic amines) is 1. The van der Waals surface area contributed by atoms with Crippen molar-refractivity contribution in [2.75, 3.05) is 13.7 Å². The molecule has 4 aromatic carbocycles. The van der Waals surface area contributed by atoms with Crippen molar-refractivity contribution in [2.24, 2.45) is 0 Å². The van der Waals surface area contributed by atoms with Crippen LogP contribution in [0.15, 0.2) is 78.9 Å². The fraction of sp³-hybridized carbons (Fsp3) is 0.172. The molecular formula is C29H23Cl2NO4. The van der Waals surface area contributed by atoms with E-state index in [1.54, 1.807) is 25.3 Å². The molecule has 0 unspecified atom stereocenters. The highest BCUT2D eigenvalue weighted by Gasteiger charge is 2.37. The van der Waals surface area contributed by atoms with E-state index in [4.69, 9.17) is 27.9 Å². The molecule has 0 bridgehead atoms. The fourth-order valence-electron chi connectivity index (χ4n) is 4.93. The van der Waals surface area contributed by atoms with E-state index in [9.17, 15) is 14.7 Å². The first-order valence-corrected chi connectivity index (χ1v) is 12.3. The van der Waals surface area contributed by atoms with E-state index in [-0.39, 0.29) is 23.4 Å². The first kappa shape index (κ1) is 24.2. The Bertz CT molecular complexity index is 1450. The molecule has 7 heteroatoms. The van der Waals surface area contributed by atoms with Gasteiger partial charge >= 0.3 is 5.97 Å². The van der Waals surface area contributed by atoms with Crippen molar-refractivity contribution < 1.29 is 19.4 Å². The predicted octanol–water partition coefficient (Wildman–Crippen LogP) is 7.22. The molecular weight excluding hydrogens is 497 g/mol. The van der Waals surface area contributed by atoms with Crippen LogP contribution in [0, 0.1) is 0 Å². The first-order chi connectivity index (χ1) is 17.3. The summed E-state index contributed by atoms with van der Waals surface area (Å²) < 4.78 is 5.34. The van der Waals surface area contributed by atoms with Crippen LogP contribution in [0.25, 0.3) is 10.8 Å². The van der Waals surface area contributed by atoms with Crippen molar-refractivity contribution in [1.29, 1.82) is 0 Å². The van der Waals surface area contributed by atoms with Crippen LogP contribution in [-0.4, -0.2) is 35.5 Å². The van der Waals surface area contributed by atoms with Crippen molar-refractivity contribution in [2.45, 2.75) is 18.4 Å². The number of methoxy groups -OCH3 is 1. The van der Waals surface area contributed by atoms with Crippen molar-refractivity contribution in [3.63, 3.8) is 0 Å². The number of amides is 1. The quantitative estimate of drug-likeness (QED) is 0.302. The number of aromatic carboxylic acids is 1. The number of hydrogen-bond acceptors (Lipinski definition) is 3. The molecule has 2 atom stereocenters. The molecule has 4 aromatic rings. The number of fused-ring (bicyclic) bond motifs is 1. The number of nitrogens with zero attached hydrogens (tertiary/aromatic N) is 1. The molecule has 36 heavy (non-hydrogen) atoms. The second kappa shape index (κ2) is 9.84. The fourth-order valence-corrected chi connectivity index (χ4v) is 5.47. The maximum Gasteiger partial charge on any atom is 0.335 e. The zero-order chi connectivity index (χ0) is 25.4. The molecule has 1 aliphatic heterocycles. The lowest BCUT2D eigenvalue weighted by atomic mass is 9.93. The summed E-state index contributed by atoms with van der Waals surface area (Å²) in [6, 6.07) is 23.5. The van der Waals surface area contributed by atoms with Crippen LogP contribution in [0.3, 0.4) is 0 Å². The van der Waals surface area contributed by atoms with E-state index in [0.717, 1.165) is 27.6 Å². The molecule has 1 fully saturated rings. The molecule has 5 nitrogen and oxygen atoms in total. The van der Waals surface area contributed by atoms with E-state index < -0.39 is 5.97 Å². The van der Waals surface area contributed by atoms with Gasteiger partial charge in [0.2, 0.25) is 0 Å². The van der Waals surface area contributed by atoms with Gasteiger partial charge in [-0.15, -0.1) is 0 Å². The average molecular weight is 520 g/mol. The average Bonchev–Trinajstić information content (AvgIpc) is 3.33. The molecule has 0 aliphatic carbocycles. The van der Waals surface area contributed by atoms with Crippen molar-refractivity contribution in [3.8, 4) is 5.75 Å². The molecule has 0 aromatic heterocycles. The Morgan fingerprint density at radius 1 is 0.833 bits per heavy atom. The minimum atomic E-state index is -1.03. The third-order valence-electron chi connectivity index (χ3n) is 6.75. The summed E-state index contributed by atoms with van der Waals surface area (Å²) in [6.45, 7) is 0.488. The van der Waals surface area contributed by atoms with Gasteiger partial charge in [-0.2, -0.15) is 0 Å². The second-order valence-corrected chi connectivity index (χ2v) is 9.84. The van der Waals surface area contributed by atoms with E-state index in [1.807, 2.05) is 47.4 Å². The van der Waals surface area contributed by atoms with Crippen LogP contribution in [-0.2, 0) is 0 Å². The van der Waals surface area contributed by atoms with Gasteiger partial charge in [-0.05, 0) is 89.0 Å². The van der Waals surface area contributed by atoms with E-state index in [2.05, 4.69) is 6.07 Å². The van der Waals surface area contributed by atoms with Gasteiger partial charge in [0.05, 0.1) is 18.7 Å². The van der Waals surface area contributed by atoms with Crippen LogP contribution in [0.5, 0.6) is 5.75 Å². The number of hydrogen-bond donors (Lipinski definition) is 1. The standard InChI is InChI=1S/C29H23Cl2NO4/c1-36-26-9-8-19-10-21(7-6-20(19)13-26)27-14-23(22-11-24(30)15-25(31)12-22)16-32(27)28(33)17-2-4-18(5-3-17)29(34)35/h2-13,15,23,27H,14,16H2,1H3,(H,34,35)/t23-,27-/m1/s1. The van der Waals surface area contributed by atoms with Gasteiger partial charge < -0.3 is 14.7 Å². The summed E-state index contributed by atoms with van der Waals surface area (Å²) in [6.07, 6.45) is 0.706. The predicted molar refractivity (Wildman–Crippen MR) is 141 cm³/mol. The summed E-state index contributed by atoms with van der Waals surface area (Å²) in [4.78, 5) is 26.8. The molecule has 182 valence electrons. The number of benzene rings is 4. The molecule has 1 aliphatic rings. The Morgan fingerprint density at radius 2 is 1.47 bits per heavy atom. The molecule has 0 spiro atoms. The van der Waals surface area contributed by atoms with E-state index >= 15 is 0 Å². The maximum atomic E-state index is 13.7. The van der Waals surface area contributed by atoms with Gasteiger partial charge in [-0.3, -0.25) is 4.79 Å². The van der Waals surface area contributed by atoms with Gasteiger partial charge in [-0.25, -0.2) is 4.79 Å². The largest absolute Gasteiger partial charge is 0.497 e. The van der Waals surface area contributed by atoms with Crippen molar-refractivity contribution in [3.05, 3.63) is 111 Å². The highest BCUT2D eigenvalue weighted by Crippen LogP contribution is 2.43.